The molecule has 0 amide bonds. The Balaban J connectivity index is 0.00000147. The average molecular weight is 314 g/mol. The van der Waals surface area contributed by atoms with Gasteiger partial charge >= 0.3 is 0 Å². The molecule has 1 aliphatic rings. The predicted molar refractivity (Wildman–Crippen MR) is 85.9 cm³/mol. The van der Waals surface area contributed by atoms with Crippen molar-refractivity contribution in [2.24, 2.45) is 11.7 Å². The number of ether oxygens (including phenoxy) is 1. The maximum Gasteiger partial charge on any atom is 0.120 e. The molecule has 1 saturated heterocycles. The normalized spacial score (nSPS) is 19.2. The van der Waals surface area contributed by atoms with Crippen LogP contribution in [0.5, 0.6) is 5.75 Å². The Morgan fingerprint density at radius 3 is 3.05 bits per heavy atom. The van der Waals surface area contributed by atoms with E-state index in [0.29, 0.717) is 5.92 Å². The molecule has 1 atom stereocenters. The summed E-state index contributed by atoms with van der Waals surface area (Å²) >= 11 is 1.76. The number of rotatable bonds is 4. The summed E-state index contributed by atoms with van der Waals surface area (Å²) in [4.78, 5) is 7.14. The van der Waals surface area contributed by atoms with E-state index in [1.54, 1.807) is 18.4 Å². The van der Waals surface area contributed by atoms with Gasteiger partial charge in [0.05, 0.1) is 23.9 Å². The van der Waals surface area contributed by atoms with E-state index in [9.17, 15) is 0 Å². The Hall–Kier alpha value is -0.880. The highest BCUT2D eigenvalue weighted by Crippen LogP contribution is 2.28. The van der Waals surface area contributed by atoms with Crippen LogP contribution >= 0.6 is 23.7 Å². The second-order valence-corrected chi connectivity index (χ2v) is 6.18. The van der Waals surface area contributed by atoms with Crippen LogP contribution in [0.25, 0.3) is 10.2 Å². The fraction of sp³-hybridized carbons (Fsp3) is 0.500. The molecule has 0 aliphatic carbocycles. The Morgan fingerprint density at radius 1 is 1.50 bits per heavy atom. The van der Waals surface area contributed by atoms with Crippen molar-refractivity contribution in [3.8, 4) is 5.75 Å². The summed E-state index contributed by atoms with van der Waals surface area (Å²) in [6.45, 7) is 3.99. The highest BCUT2D eigenvalue weighted by Gasteiger charge is 2.22. The Bertz CT molecular complexity index is 575. The molecule has 20 heavy (non-hydrogen) atoms. The van der Waals surface area contributed by atoms with E-state index >= 15 is 0 Å². The van der Waals surface area contributed by atoms with Crippen molar-refractivity contribution in [2.75, 3.05) is 26.7 Å². The molecule has 4 nitrogen and oxygen atoms in total. The summed E-state index contributed by atoms with van der Waals surface area (Å²) in [6.07, 6.45) is 1.22. The van der Waals surface area contributed by atoms with Crippen LogP contribution in [0, 0.1) is 5.92 Å². The molecule has 3 rings (SSSR count). The number of nitrogens with zero attached hydrogens (tertiary/aromatic N) is 2. The number of fused-ring (bicyclic) bond motifs is 1. The van der Waals surface area contributed by atoms with Gasteiger partial charge in [-0.1, -0.05) is 0 Å². The third-order valence-electron chi connectivity index (χ3n) is 3.70. The highest BCUT2D eigenvalue weighted by molar-refractivity contribution is 7.18. The maximum atomic E-state index is 5.73. The van der Waals surface area contributed by atoms with Gasteiger partial charge in [-0.25, -0.2) is 4.98 Å². The number of benzene rings is 1. The van der Waals surface area contributed by atoms with Crippen LogP contribution in [-0.2, 0) is 6.54 Å². The Labute approximate surface area is 129 Å². The van der Waals surface area contributed by atoms with E-state index in [4.69, 9.17) is 15.5 Å². The molecule has 0 saturated carbocycles. The van der Waals surface area contributed by atoms with Crippen LogP contribution in [-0.4, -0.2) is 36.6 Å². The zero-order valence-electron chi connectivity index (χ0n) is 11.5. The lowest BCUT2D eigenvalue weighted by atomic mass is 10.1. The lowest BCUT2D eigenvalue weighted by Crippen LogP contribution is -2.22. The van der Waals surface area contributed by atoms with E-state index in [1.807, 2.05) is 12.1 Å². The first-order valence-corrected chi connectivity index (χ1v) is 7.46. The molecule has 1 unspecified atom stereocenters. The molecule has 0 spiro atoms. The number of hydrogen-bond donors (Lipinski definition) is 1. The zero-order chi connectivity index (χ0) is 13.2. The van der Waals surface area contributed by atoms with Gasteiger partial charge in [-0.3, -0.25) is 4.90 Å². The second-order valence-electron chi connectivity index (χ2n) is 5.07. The van der Waals surface area contributed by atoms with Gasteiger partial charge in [0, 0.05) is 6.54 Å². The van der Waals surface area contributed by atoms with Gasteiger partial charge in [-0.05, 0) is 43.6 Å². The van der Waals surface area contributed by atoms with Crippen LogP contribution in [0.1, 0.15) is 11.4 Å². The van der Waals surface area contributed by atoms with Crippen LogP contribution in [0.15, 0.2) is 18.2 Å². The third-order valence-corrected chi connectivity index (χ3v) is 4.70. The summed E-state index contributed by atoms with van der Waals surface area (Å²) in [5.41, 5.74) is 6.79. The van der Waals surface area contributed by atoms with Crippen molar-refractivity contribution in [3.63, 3.8) is 0 Å². The van der Waals surface area contributed by atoms with Crippen molar-refractivity contribution >= 4 is 34.0 Å². The highest BCUT2D eigenvalue weighted by atomic mass is 35.5. The largest absolute Gasteiger partial charge is 0.497 e. The van der Waals surface area contributed by atoms with Gasteiger partial charge in [-0.2, -0.15) is 0 Å². The average Bonchev–Trinajstić information content (AvgIpc) is 3.03. The van der Waals surface area contributed by atoms with Gasteiger partial charge in [0.15, 0.2) is 0 Å². The zero-order valence-corrected chi connectivity index (χ0v) is 13.2. The Morgan fingerprint density at radius 2 is 2.35 bits per heavy atom. The summed E-state index contributed by atoms with van der Waals surface area (Å²) in [5.74, 6) is 1.56. The second kappa shape index (κ2) is 6.72. The molecular weight excluding hydrogens is 294 g/mol. The molecule has 2 aromatic rings. The van der Waals surface area contributed by atoms with Crippen molar-refractivity contribution in [3.05, 3.63) is 23.2 Å². The van der Waals surface area contributed by atoms with Gasteiger partial charge in [0.25, 0.3) is 0 Å². The summed E-state index contributed by atoms with van der Waals surface area (Å²) in [7, 11) is 1.69. The molecule has 1 fully saturated rings. The molecular formula is C14H20ClN3OS. The molecule has 1 aromatic carbocycles. The lowest BCUT2D eigenvalue weighted by Gasteiger charge is -2.13. The minimum absolute atomic E-state index is 0. The van der Waals surface area contributed by atoms with Crippen LogP contribution in [0.2, 0.25) is 0 Å². The van der Waals surface area contributed by atoms with Gasteiger partial charge in [0.2, 0.25) is 0 Å². The van der Waals surface area contributed by atoms with Crippen molar-refractivity contribution < 1.29 is 4.74 Å². The smallest absolute Gasteiger partial charge is 0.120 e. The van der Waals surface area contributed by atoms with Crippen molar-refractivity contribution in [1.29, 1.82) is 0 Å². The van der Waals surface area contributed by atoms with Gasteiger partial charge < -0.3 is 10.5 Å². The summed E-state index contributed by atoms with van der Waals surface area (Å²) < 4.78 is 6.45. The first-order valence-electron chi connectivity index (χ1n) is 6.64. The summed E-state index contributed by atoms with van der Waals surface area (Å²) in [6, 6.07) is 6.05. The van der Waals surface area contributed by atoms with Gasteiger partial charge in [0.1, 0.15) is 10.8 Å². The lowest BCUT2D eigenvalue weighted by molar-refractivity contribution is 0.317. The van der Waals surface area contributed by atoms with E-state index in [2.05, 4.69) is 11.0 Å². The molecule has 1 aromatic heterocycles. The topological polar surface area (TPSA) is 51.4 Å². The van der Waals surface area contributed by atoms with E-state index in [0.717, 1.165) is 37.4 Å². The SMILES string of the molecule is COc1ccc2nc(CN3CCC(CN)C3)sc2c1.Cl. The molecule has 0 radical (unpaired) electrons. The fourth-order valence-electron chi connectivity index (χ4n) is 2.59. The summed E-state index contributed by atoms with van der Waals surface area (Å²) in [5, 5.41) is 1.18. The molecule has 0 bridgehead atoms. The molecule has 110 valence electrons. The first kappa shape index (κ1) is 15.5. The minimum Gasteiger partial charge on any atom is -0.497 e. The number of halogens is 1. The van der Waals surface area contributed by atoms with Crippen LogP contribution in [0.4, 0.5) is 0 Å². The fourth-order valence-corrected chi connectivity index (χ4v) is 3.63. The Kier molecular flexibility index (Phi) is 5.21. The molecule has 2 N–H and O–H groups in total. The first-order chi connectivity index (χ1) is 9.28. The number of aromatic nitrogens is 1. The van der Waals surface area contributed by atoms with E-state index in [1.165, 1.54) is 16.1 Å². The third kappa shape index (κ3) is 3.23. The maximum absolute atomic E-state index is 5.73. The van der Waals surface area contributed by atoms with Crippen molar-refractivity contribution in [2.45, 2.75) is 13.0 Å². The molecule has 6 heteroatoms. The number of methoxy groups -OCH3 is 1. The van der Waals surface area contributed by atoms with Crippen LogP contribution < -0.4 is 10.5 Å². The van der Waals surface area contributed by atoms with Crippen molar-refractivity contribution in [1.82, 2.24) is 9.88 Å². The number of likely N-dealkylation sites (tertiary alicyclic amines) is 1. The number of hydrogen-bond acceptors (Lipinski definition) is 5. The minimum atomic E-state index is 0. The number of nitrogens with two attached hydrogens (primary N) is 1. The van der Waals surface area contributed by atoms with Gasteiger partial charge in [-0.15, -0.1) is 23.7 Å². The van der Waals surface area contributed by atoms with E-state index in [-0.39, 0.29) is 12.4 Å². The number of thiazole rings is 1. The van der Waals surface area contributed by atoms with E-state index < -0.39 is 0 Å². The quantitative estimate of drug-likeness (QED) is 0.942. The molecule has 1 aliphatic heterocycles. The standard InChI is InChI=1S/C14H19N3OS.ClH/c1-18-11-2-3-12-13(6-11)19-14(16-12)9-17-5-4-10(7-15)8-17;/h2-3,6,10H,4-5,7-9,15H2,1H3;1H. The van der Waals surface area contributed by atoms with Crippen LogP contribution in [0.3, 0.4) is 0 Å². The monoisotopic (exact) mass is 313 g/mol. The molecule has 2 heterocycles. The predicted octanol–water partition coefficient (Wildman–Crippen LogP) is 2.51.